The van der Waals surface area contributed by atoms with E-state index in [1.807, 2.05) is 0 Å². The maximum absolute atomic E-state index is 12.5. The van der Waals surface area contributed by atoms with Crippen molar-refractivity contribution in [1.29, 1.82) is 0 Å². The number of carbonyl (C=O) groups is 2. The van der Waals surface area contributed by atoms with Crippen molar-refractivity contribution in [1.82, 2.24) is 4.98 Å². The van der Waals surface area contributed by atoms with Crippen LogP contribution < -0.4 is 0 Å². The van der Waals surface area contributed by atoms with Crippen molar-refractivity contribution in [3.8, 4) is 0 Å². The van der Waals surface area contributed by atoms with Crippen LogP contribution in [0.1, 0.15) is 22.8 Å². The molecule has 22 heavy (non-hydrogen) atoms. The van der Waals surface area contributed by atoms with Gasteiger partial charge in [0.05, 0.1) is 11.6 Å². The predicted octanol–water partition coefficient (Wildman–Crippen LogP) is 3.56. The molecule has 0 aliphatic rings. The molecular formula is C17H14ClNO3. The number of esters is 1. The maximum atomic E-state index is 12.5. The standard InChI is InChI=1S/C17H14ClNO3/c1-2-22-17(21)15(9-12-8-14(18)11-19-10-12)16(20)13-6-4-3-5-7-13/h3-11H,2H2,1H3. The van der Waals surface area contributed by atoms with Crippen molar-refractivity contribution < 1.29 is 14.3 Å². The number of ketones is 1. The fraction of sp³-hybridized carbons (Fsp3) is 0.118. The summed E-state index contributed by atoms with van der Waals surface area (Å²) in [6.45, 7) is 1.87. The van der Waals surface area contributed by atoms with Crippen molar-refractivity contribution in [2.45, 2.75) is 6.92 Å². The number of pyridine rings is 1. The first-order chi connectivity index (χ1) is 10.6. The number of hydrogen-bond donors (Lipinski definition) is 0. The highest BCUT2D eigenvalue weighted by molar-refractivity contribution is 6.30. The summed E-state index contributed by atoms with van der Waals surface area (Å²) < 4.78 is 4.97. The van der Waals surface area contributed by atoms with Crippen LogP contribution in [0, 0.1) is 0 Å². The fourth-order valence-electron chi connectivity index (χ4n) is 1.84. The van der Waals surface area contributed by atoms with E-state index in [9.17, 15) is 9.59 Å². The largest absolute Gasteiger partial charge is 0.462 e. The van der Waals surface area contributed by atoms with Gasteiger partial charge in [-0.3, -0.25) is 9.78 Å². The zero-order chi connectivity index (χ0) is 15.9. The van der Waals surface area contributed by atoms with Crippen LogP contribution in [0.4, 0.5) is 0 Å². The Labute approximate surface area is 133 Å². The Bertz CT molecular complexity index is 711. The summed E-state index contributed by atoms with van der Waals surface area (Å²) in [5.74, 6) is -1.07. The molecule has 0 atom stereocenters. The minimum atomic E-state index is -0.670. The summed E-state index contributed by atoms with van der Waals surface area (Å²) in [7, 11) is 0. The molecule has 0 radical (unpaired) electrons. The number of halogens is 1. The number of hydrogen-bond acceptors (Lipinski definition) is 4. The molecule has 2 rings (SSSR count). The SMILES string of the molecule is CCOC(=O)C(=Cc1cncc(Cl)c1)C(=O)c1ccccc1. The first-order valence-electron chi connectivity index (χ1n) is 6.71. The summed E-state index contributed by atoms with van der Waals surface area (Å²) in [6.07, 6.45) is 4.43. The molecule has 0 N–H and O–H groups in total. The van der Waals surface area contributed by atoms with E-state index >= 15 is 0 Å². The first kappa shape index (κ1) is 15.9. The molecule has 112 valence electrons. The van der Waals surface area contributed by atoms with Crippen molar-refractivity contribution >= 4 is 29.4 Å². The molecule has 0 bridgehead atoms. The third-order valence-corrected chi connectivity index (χ3v) is 3.02. The number of carbonyl (C=O) groups excluding carboxylic acids is 2. The quantitative estimate of drug-likeness (QED) is 0.278. The van der Waals surface area contributed by atoms with E-state index in [1.54, 1.807) is 43.3 Å². The number of ether oxygens (including phenoxy) is 1. The number of Topliss-reactive ketones (excluding diaryl/α,β-unsaturated/α-hetero) is 1. The van der Waals surface area contributed by atoms with Gasteiger partial charge in [-0.2, -0.15) is 0 Å². The summed E-state index contributed by atoms with van der Waals surface area (Å²) in [5, 5.41) is 0.420. The molecule has 1 aromatic heterocycles. The molecule has 0 fully saturated rings. The normalized spacial score (nSPS) is 11.1. The highest BCUT2D eigenvalue weighted by Gasteiger charge is 2.21. The first-order valence-corrected chi connectivity index (χ1v) is 7.08. The smallest absolute Gasteiger partial charge is 0.342 e. The summed E-state index contributed by atoms with van der Waals surface area (Å²) in [5.41, 5.74) is 0.911. The molecule has 2 aromatic rings. The van der Waals surface area contributed by atoms with Gasteiger partial charge < -0.3 is 4.74 Å². The number of benzene rings is 1. The molecule has 5 heteroatoms. The Balaban J connectivity index is 2.43. The van der Waals surface area contributed by atoms with Gasteiger partial charge in [0.25, 0.3) is 0 Å². The van der Waals surface area contributed by atoms with Gasteiger partial charge in [0.2, 0.25) is 0 Å². The van der Waals surface area contributed by atoms with Crippen LogP contribution in [0.15, 0.2) is 54.4 Å². The zero-order valence-electron chi connectivity index (χ0n) is 12.0. The molecule has 0 aliphatic heterocycles. The predicted molar refractivity (Wildman–Crippen MR) is 84.6 cm³/mol. The molecule has 0 saturated heterocycles. The van der Waals surface area contributed by atoms with Gasteiger partial charge in [0.15, 0.2) is 5.78 Å². The molecule has 1 aromatic carbocycles. The van der Waals surface area contributed by atoms with Gasteiger partial charge in [-0.05, 0) is 24.6 Å². The van der Waals surface area contributed by atoms with E-state index in [2.05, 4.69) is 4.98 Å². The lowest BCUT2D eigenvalue weighted by Gasteiger charge is -2.07. The van der Waals surface area contributed by atoms with Gasteiger partial charge in [0, 0.05) is 18.0 Å². The average molecular weight is 316 g/mol. The van der Waals surface area contributed by atoms with Crippen LogP contribution in [0.2, 0.25) is 5.02 Å². The number of rotatable bonds is 5. The Morgan fingerprint density at radius 2 is 1.95 bits per heavy atom. The second-order valence-corrected chi connectivity index (χ2v) is 4.85. The lowest BCUT2D eigenvalue weighted by molar-refractivity contribution is -0.137. The summed E-state index contributed by atoms with van der Waals surface area (Å²) >= 11 is 5.87. The lowest BCUT2D eigenvalue weighted by atomic mass is 10.0. The second-order valence-electron chi connectivity index (χ2n) is 4.41. The van der Waals surface area contributed by atoms with Gasteiger partial charge in [-0.1, -0.05) is 41.9 Å². The summed E-state index contributed by atoms with van der Waals surface area (Å²) in [6, 6.07) is 10.2. The molecule has 0 amide bonds. The number of nitrogens with zero attached hydrogens (tertiary/aromatic N) is 1. The van der Waals surface area contributed by atoms with Gasteiger partial charge in [0.1, 0.15) is 5.57 Å². The second kappa shape index (κ2) is 7.52. The van der Waals surface area contributed by atoms with Crippen LogP contribution in [0.25, 0.3) is 6.08 Å². The molecule has 0 aliphatic carbocycles. The highest BCUT2D eigenvalue weighted by atomic mass is 35.5. The van der Waals surface area contributed by atoms with E-state index in [0.29, 0.717) is 16.1 Å². The van der Waals surface area contributed by atoms with Crippen molar-refractivity contribution in [3.05, 3.63) is 70.5 Å². The minimum absolute atomic E-state index is 0.0582. The van der Waals surface area contributed by atoms with E-state index < -0.39 is 11.8 Å². The lowest BCUT2D eigenvalue weighted by Crippen LogP contribution is -2.16. The van der Waals surface area contributed by atoms with Crippen LogP contribution in [-0.4, -0.2) is 23.3 Å². The van der Waals surface area contributed by atoms with Crippen molar-refractivity contribution in [2.75, 3.05) is 6.61 Å². The fourth-order valence-corrected chi connectivity index (χ4v) is 2.03. The average Bonchev–Trinajstić information content (AvgIpc) is 2.53. The highest BCUT2D eigenvalue weighted by Crippen LogP contribution is 2.16. The van der Waals surface area contributed by atoms with E-state index in [-0.39, 0.29) is 12.2 Å². The van der Waals surface area contributed by atoms with Crippen molar-refractivity contribution in [3.63, 3.8) is 0 Å². The Kier molecular flexibility index (Phi) is 5.44. The molecule has 0 saturated carbocycles. The van der Waals surface area contributed by atoms with Gasteiger partial charge in [-0.15, -0.1) is 0 Å². The molecule has 1 heterocycles. The molecular weight excluding hydrogens is 302 g/mol. The van der Waals surface area contributed by atoms with E-state index in [0.717, 1.165) is 0 Å². The molecule has 4 nitrogen and oxygen atoms in total. The van der Waals surface area contributed by atoms with Crippen molar-refractivity contribution in [2.24, 2.45) is 0 Å². The number of aromatic nitrogens is 1. The van der Waals surface area contributed by atoms with Crippen LogP contribution in [0.3, 0.4) is 0 Å². The topological polar surface area (TPSA) is 56.3 Å². The molecule has 0 unspecified atom stereocenters. The Morgan fingerprint density at radius 3 is 2.59 bits per heavy atom. The van der Waals surface area contributed by atoms with Crippen LogP contribution >= 0.6 is 11.6 Å². The van der Waals surface area contributed by atoms with Gasteiger partial charge >= 0.3 is 5.97 Å². The zero-order valence-corrected chi connectivity index (χ0v) is 12.7. The maximum Gasteiger partial charge on any atom is 0.342 e. The Hall–Kier alpha value is -2.46. The minimum Gasteiger partial charge on any atom is -0.462 e. The van der Waals surface area contributed by atoms with Crippen LogP contribution in [0.5, 0.6) is 0 Å². The third-order valence-electron chi connectivity index (χ3n) is 2.81. The summed E-state index contributed by atoms with van der Waals surface area (Å²) in [4.78, 5) is 28.5. The third kappa shape index (κ3) is 4.02. The Morgan fingerprint density at radius 1 is 1.23 bits per heavy atom. The van der Waals surface area contributed by atoms with E-state index in [1.165, 1.54) is 18.5 Å². The van der Waals surface area contributed by atoms with Crippen LogP contribution in [-0.2, 0) is 9.53 Å². The van der Waals surface area contributed by atoms with Gasteiger partial charge in [-0.25, -0.2) is 4.79 Å². The molecule has 0 spiro atoms. The van der Waals surface area contributed by atoms with E-state index in [4.69, 9.17) is 16.3 Å². The monoisotopic (exact) mass is 315 g/mol.